The van der Waals surface area contributed by atoms with E-state index in [4.69, 9.17) is 4.74 Å². The number of nitrogens with zero attached hydrogens (tertiary/aromatic N) is 1. The molecule has 1 saturated carbocycles. The summed E-state index contributed by atoms with van der Waals surface area (Å²) >= 11 is 1.23. The van der Waals surface area contributed by atoms with Crippen LogP contribution in [-0.4, -0.2) is 47.3 Å². The summed E-state index contributed by atoms with van der Waals surface area (Å²) in [7, 11) is 1.34. The second-order valence-electron chi connectivity index (χ2n) is 7.43. The number of carbonyl (C=O) groups is 3. The summed E-state index contributed by atoms with van der Waals surface area (Å²) in [6.45, 7) is 7.61. The Balaban J connectivity index is 2.77. The van der Waals surface area contributed by atoms with E-state index in [0.29, 0.717) is 12.2 Å². The summed E-state index contributed by atoms with van der Waals surface area (Å²) in [5.74, 6) is -0.186. The van der Waals surface area contributed by atoms with Crippen LogP contribution in [0, 0.1) is 11.3 Å². The van der Waals surface area contributed by atoms with Crippen molar-refractivity contribution in [1.82, 2.24) is 4.90 Å². The van der Waals surface area contributed by atoms with E-state index >= 15 is 0 Å². The maximum absolute atomic E-state index is 13.0. The monoisotopic (exact) mass is 357 g/mol. The van der Waals surface area contributed by atoms with Crippen LogP contribution >= 0.6 is 11.8 Å². The maximum Gasteiger partial charge on any atom is 0.325 e. The summed E-state index contributed by atoms with van der Waals surface area (Å²) in [5, 5.41) is 0.0918. The molecular weight excluding hydrogens is 326 g/mol. The van der Waals surface area contributed by atoms with E-state index in [2.05, 4.69) is 0 Å². The summed E-state index contributed by atoms with van der Waals surface area (Å²) in [6.07, 6.45) is 4.71. The van der Waals surface area contributed by atoms with Gasteiger partial charge in [-0.05, 0) is 19.3 Å². The van der Waals surface area contributed by atoms with Crippen molar-refractivity contribution in [2.45, 2.75) is 65.8 Å². The molecule has 24 heavy (non-hydrogen) atoms. The van der Waals surface area contributed by atoms with E-state index in [-0.39, 0.29) is 35.5 Å². The van der Waals surface area contributed by atoms with Gasteiger partial charge in [-0.25, -0.2) is 0 Å². The quantitative estimate of drug-likeness (QED) is 0.654. The maximum atomic E-state index is 13.0. The first-order chi connectivity index (χ1) is 11.2. The molecule has 0 aromatic heterocycles. The minimum Gasteiger partial charge on any atom is -0.468 e. The van der Waals surface area contributed by atoms with Crippen molar-refractivity contribution in [3.05, 3.63) is 0 Å². The Morgan fingerprint density at radius 3 is 2.25 bits per heavy atom. The Hall–Kier alpha value is -1.04. The van der Waals surface area contributed by atoms with Crippen LogP contribution in [0.5, 0.6) is 0 Å². The Bertz CT molecular complexity index is 452. The highest BCUT2D eigenvalue weighted by atomic mass is 32.2. The molecule has 1 rings (SSSR count). The van der Waals surface area contributed by atoms with Crippen molar-refractivity contribution in [2.75, 3.05) is 19.4 Å². The highest BCUT2D eigenvalue weighted by molar-refractivity contribution is 8.13. The third-order valence-corrected chi connectivity index (χ3v) is 5.89. The SMILES string of the molecule is CC[C@@H](CSC(=O)C(C)(C)C)C(=O)N(CC(=O)OC)C1CCCC1. The highest BCUT2D eigenvalue weighted by Gasteiger charge is 2.33. The second kappa shape index (κ2) is 9.44. The molecule has 0 spiro atoms. The predicted octanol–water partition coefficient (Wildman–Crippen LogP) is 3.26. The Kier molecular flexibility index (Phi) is 8.27. The summed E-state index contributed by atoms with van der Waals surface area (Å²) in [4.78, 5) is 38.5. The fraction of sp³-hybridized carbons (Fsp3) is 0.833. The van der Waals surface area contributed by atoms with Crippen molar-refractivity contribution in [2.24, 2.45) is 11.3 Å². The molecule has 1 aliphatic carbocycles. The Morgan fingerprint density at radius 2 is 1.79 bits per heavy atom. The number of thioether (sulfide) groups is 1. The van der Waals surface area contributed by atoms with E-state index in [0.717, 1.165) is 25.7 Å². The van der Waals surface area contributed by atoms with Crippen LogP contribution in [-0.2, 0) is 19.1 Å². The lowest BCUT2D eigenvalue weighted by Crippen LogP contribution is -2.46. The molecule has 5 nitrogen and oxygen atoms in total. The molecule has 138 valence electrons. The smallest absolute Gasteiger partial charge is 0.325 e. The van der Waals surface area contributed by atoms with E-state index in [1.807, 2.05) is 27.7 Å². The van der Waals surface area contributed by atoms with Gasteiger partial charge >= 0.3 is 5.97 Å². The average Bonchev–Trinajstić information content (AvgIpc) is 3.05. The molecule has 0 radical (unpaired) electrons. The molecule has 1 aliphatic rings. The lowest BCUT2D eigenvalue weighted by atomic mass is 9.99. The van der Waals surface area contributed by atoms with Crippen molar-refractivity contribution in [3.8, 4) is 0 Å². The van der Waals surface area contributed by atoms with Crippen LogP contribution in [0.3, 0.4) is 0 Å². The first-order valence-corrected chi connectivity index (χ1v) is 9.73. The second-order valence-corrected chi connectivity index (χ2v) is 8.43. The molecule has 0 heterocycles. The lowest BCUT2D eigenvalue weighted by Gasteiger charge is -2.31. The zero-order valence-electron chi connectivity index (χ0n) is 15.6. The Morgan fingerprint density at radius 1 is 1.21 bits per heavy atom. The summed E-state index contributed by atoms with van der Waals surface area (Å²) in [5.41, 5.74) is -0.414. The molecule has 0 N–H and O–H groups in total. The van der Waals surface area contributed by atoms with Gasteiger partial charge in [-0.2, -0.15) is 0 Å². The van der Waals surface area contributed by atoms with Gasteiger partial charge in [0.15, 0.2) is 5.12 Å². The van der Waals surface area contributed by atoms with Crippen LogP contribution in [0.15, 0.2) is 0 Å². The first-order valence-electron chi connectivity index (χ1n) is 8.75. The average molecular weight is 358 g/mol. The number of amides is 1. The minimum absolute atomic E-state index is 0.00832. The molecule has 1 atom stereocenters. The molecule has 1 amide bonds. The van der Waals surface area contributed by atoms with Gasteiger partial charge in [0.1, 0.15) is 6.54 Å². The van der Waals surface area contributed by atoms with E-state index in [1.165, 1.54) is 18.9 Å². The largest absolute Gasteiger partial charge is 0.468 e. The molecular formula is C18H31NO4S. The van der Waals surface area contributed by atoms with Crippen molar-refractivity contribution >= 4 is 28.8 Å². The van der Waals surface area contributed by atoms with Crippen molar-refractivity contribution in [1.29, 1.82) is 0 Å². The molecule has 6 heteroatoms. The van der Waals surface area contributed by atoms with Gasteiger partial charge in [-0.15, -0.1) is 0 Å². The number of rotatable bonds is 7. The van der Waals surface area contributed by atoms with Gasteiger partial charge in [-0.1, -0.05) is 52.3 Å². The fourth-order valence-electron chi connectivity index (χ4n) is 2.80. The van der Waals surface area contributed by atoms with Crippen LogP contribution in [0.25, 0.3) is 0 Å². The molecule has 0 aromatic carbocycles. The van der Waals surface area contributed by atoms with Gasteiger partial charge in [0.2, 0.25) is 5.91 Å². The number of ether oxygens (including phenoxy) is 1. The third kappa shape index (κ3) is 6.11. The molecule has 0 unspecified atom stereocenters. The highest BCUT2D eigenvalue weighted by Crippen LogP contribution is 2.28. The van der Waals surface area contributed by atoms with E-state index in [9.17, 15) is 14.4 Å². The summed E-state index contributed by atoms with van der Waals surface area (Å²) in [6, 6.07) is 0.119. The van der Waals surface area contributed by atoms with Crippen LogP contribution < -0.4 is 0 Å². The predicted molar refractivity (Wildman–Crippen MR) is 96.7 cm³/mol. The van der Waals surface area contributed by atoms with Gasteiger partial charge in [0.25, 0.3) is 0 Å². The van der Waals surface area contributed by atoms with Gasteiger partial charge in [-0.3, -0.25) is 14.4 Å². The van der Waals surface area contributed by atoms with Gasteiger partial charge in [0, 0.05) is 23.1 Å². The van der Waals surface area contributed by atoms with E-state index < -0.39 is 5.41 Å². The zero-order valence-corrected chi connectivity index (χ0v) is 16.4. The minimum atomic E-state index is -0.414. The standard InChI is InChI=1S/C18H31NO4S/c1-6-13(12-24-17(22)18(2,3)4)16(21)19(11-15(20)23-5)14-9-7-8-10-14/h13-14H,6-12H2,1-5H3/t13-/m0/s1. The molecule has 0 saturated heterocycles. The molecule has 0 aliphatic heterocycles. The fourth-order valence-corrected chi connectivity index (χ4v) is 3.96. The zero-order chi connectivity index (χ0) is 18.3. The normalized spacial score (nSPS) is 16.7. The Labute approximate surface area is 149 Å². The molecule has 0 aromatic rings. The van der Waals surface area contributed by atoms with Crippen LogP contribution in [0.1, 0.15) is 59.8 Å². The third-order valence-electron chi connectivity index (χ3n) is 4.45. The molecule has 0 bridgehead atoms. The number of carbonyl (C=O) groups excluding carboxylic acids is 3. The topological polar surface area (TPSA) is 63.7 Å². The van der Waals surface area contributed by atoms with Crippen molar-refractivity contribution < 1.29 is 19.1 Å². The van der Waals surface area contributed by atoms with Crippen LogP contribution in [0.4, 0.5) is 0 Å². The van der Waals surface area contributed by atoms with Gasteiger partial charge < -0.3 is 9.64 Å². The van der Waals surface area contributed by atoms with Gasteiger partial charge in [0.05, 0.1) is 7.11 Å². The number of methoxy groups -OCH3 is 1. The first kappa shape index (κ1) is 21.0. The van der Waals surface area contributed by atoms with E-state index in [1.54, 1.807) is 4.90 Å². The number of esters is 1. The lowest BCUT2D eigenvalue weighted by molar-refractivity contribution is -0.150. The van der Waals surface area contributed by atoms with Crippen LogP contribution in [0.2, 0.25) is 0 Å². The van der Waals surface area contributed by atoms with Crippen molar-refractivity contribution in [3.63, 3.8) is 0 Å². The molecule has 1 fully saturated rings. The number of hydrogen-bond acceptors (Lipinski definition) is 5. The summed E-state index contributed by atoms with van der Waals surface area (Å²) < 4.78 is 4.75. The number of hydrogen-bond donors (Lipinski definition) is 0.